The number of hydrogen-bond donors (Lipinski definition) is 1. The summed E-state index contributed by atoms with van der Waals surface area (Å²) in [6, 6.07) is 12.6. The quantitative estimate of drug-likeness (QED) is 0.664. The van der Waals surface area contributed by atoms with Crippen LogP contribution in [0.2, 0.25) is 0 Å². The van der Waals surface area contributed by atoms with Crippen LogP contribution in [0.5, 0.6) is 0 Å². The van der Waals surface area contributed by atoms with Crippen molar-refractivity contribution in [1.82, 2.24) is 9.97 Å². The molecule has 0 aliphatic rings. The number of aryl methyl sites for hydroxylation is 1. The van der Waals surface area contributed by atoms with Crippen molar-refractivity contribution >= 4 is 27.4 Å². The van der Waals surface area contributed by atoms with E-state index in [-0.39, 0.29) is 0 Å². The summed E-state index contributed by atoms with van der Waals surface area (Å²) in [4.78, 5) is 11.9. The maximum absolute atomic E-state index is 4.77. The summed E-state index contributed by atoms with van der Waals surface area (Å²) in [5, 5.41) is 4.63. The van der Waals surface area contributed by atoms with Gasteiger partial charge in [-0.15, -0.1) is 11.3 Å². The topological polar surface area (TPSA) is 37.8 Å². The molecule has 4 heteroatoms. The summed E-state index contributed by atoms with van der Waals surface area (Å²) >= 11 is 1.74. The van der Waals surface area contributed by atoms with Gasteiger partial charge < -0.3 is 5.32 Å². The van der Waals surface area contributed by atoms with Crippen molar-refractivity contribution in [3.8, 4) is 0 Å². The SMILES string of the molecule is CCCCNc1nc(Cc2ccccc2)nc2sc(C)cc12. The molecule has 0 amide bonds. The number of fused-ring (bicyclic) bond motifs is 1. The maximum atomic E-state index is 4.77. The Labute approximate surface area is 135 Å². The Balaban J connectivity index is 1.93. The van der Waals surface area contributed by atoms with Gasteiger partial charge in [-0.25, -0.2) is 9.97 Å². The van der Waals surface area contributed by atoms with E-state index in [9.17, 15) is 0 Å². The highest BCUT2D eigenvalue weighted by atomic mass is 32.1. The number of aromatic nitrogens is 2. The second-order valence-electron chi connectivity index (χ2n) is 5.51. The van der Waals surface area contributed by atoms with Gasteiger partial charge in [0.15, 0.2) is 0 Å². The summed E-state index contributed by atoms with van der Waals surface area (Å²) in [5.41, 5.74) is 1.25. The number of unbranched alkanes of at least 4 members (excludes halogenated alkanes) is 1. The summed E-state index contributed by atoms with van der Waals surface area (Å²) < 4.78 is 0. The average Bonchev–Trinajstić information content (AvgIpc) is 2.89. The van der Waals surface area contributed by atoms with E-state index in [0.717, 1.165) is 41.2 Å². The Kier molecular flexibility index (Phi) is 4.68. The van der Waals surface area contributed by atoms with Gasteiger partial charge in [0.2, 0.25) is 0 Å². The first-order chi connectivity index (χ1) is 10.8. The third kappa shape index (κ3) is 3.45. The van der Waals surface area contributed by atoms with Crippen molar-refractivity contribution in [2.75, 3.05) is 11.9 Å². The van der Waals surface area contributed by atoms with E-state index in [4.69, 9.17) is 9.97 Å². The van der Waals surface area contributed by atoms with Crippen molar-refractivity contribution in [2.45, 2.75) is 33.1 Å². The Hall–Kier alpha value is -1.94. The van der Waals surface area contributed by atoms with Crippen LogP contribution in [0.1, 0.15) is 36.0 Å². The van der Waals surface area contributed by atoms with Gasteiger partial charge in [-0.05, 0) is 25.0 Å². The minimum absolute atomic E-state index is 0.774. The highest BCUT2D eigenvalue weighted by molar-refractivity contribution is 7.18. The molecule has 0 saturated carbocycles. The van der Waals surface area contributed by atoms with Crippen LogP contribution in [0.15, 0.2) is 36.4 Å². The molecule has 2 aromatic heterocycles. The normalized spacial score (nSPS) is 11.0. The van der Waals surface area contributed by atoms with Gasteiger partial charge in [-0.2, -0.15) is 0 Å². The van der Waals surface area contributed by atoms with Gasteiger partial charge in [0.25, 0.3) is 0 Å². The van der Waals surface area contributed by atoms with Crippen molar-refractivity contribution in [1.29, 1.82) is 0 Å². The molecule has 0 aliphatic carbocycles. The maximum Gasteiger partial charge on any atom is 0.138 e. The van der Waals surface area contributed by atoms with Crippen LogP contribution in [-0.4, -0.2) is 16.5 Å². The lowest BCUT2D eigenvalue weighted by molar-refractivity contribution is 0.829. The number of thiophene rings is 1. The third-order valence-electron chi connectivity index (χ3n) is 3.59. The lowest BCUT2D eigenvalue weighted by atomic mass is 10.1. The van der Waals surface area contributed by atoms with E-state index in [1.165, 1.54) is 16.9 Å². The van der Waals surface area contributed by atoms with Crippen LogP contribution in [0, 0.1) is 6.92 Å². The Morgan fingerprint density at radius 1 is 1.14 bits per heavy atom. The first-order valence-electron chi connectivity index (χ1n) is 7.81. The van der Waals surface area contributed by atoms with E-state index >= 15 is 0 Å². The number of benzene rings is 1. The zero-order valence-electron chi connectivity index (χ0n) is 13.1. The van der Waals surface area contributed by atoms with E-state index in [0.29, 0.717) is 0 Å². The predicted octanol–water partition coefficient (Wildman–Crippen LogP) is 4.80. The molecule has 1 aromatic carbocycles. The van der Waals surface area contributed by atoms with Crippen LogP contribution in [0.25, 0.3) is 10.2 Å². The summed E-state index contributed by atoms with van der Waals surface area (Å²) in [6.45, 7) is 5.29. The summed E-state index contributed by atoms with van der Waals surface area (Å²) in [7, 11) is 0. The minimum atomic E-state index is 0.774. The molecule has 0 saturated heterocycles. The fraction of sp³-hybridized carbons (Fsp3) is 0.333. The first kappa shape index (κ1) is 15.0. The lowest BCUT2D eigenvalue weighted by Crippen LogP contribution is -2.06. The van der Waals surface area contributed by atoms with E-state index in [2.05, 4.69) is 49.5 Å². The Morgan fingerprint density at radius 2 is 1.95 bits per heavy atom. The van der Waals surface area contributed by atoms with Crippen LogP contribution in [-0.2, 0) is 6.42 Å². The van der Waals surface area contributed by atoms with Crippen molar-refractivity contribution in [2.24, 2.45) is 0 Å². The predicted molar refractivity (Wildman–Crippen MR) is 94.8 cm³/mol. The summed E-state index contributed by atoms with van der Waals surface area (Å²) in [5.74, 6) is 1.87. The monoisotopic (exact) mass is 311 g/mol. The Bertz CT molecular complexity index is 750. The molecule has 0 radical (unpaired) electrons. The number of anilines is 1. The van der Waals surface area contributed by atoms with Crippen LogP contribution < -0.4 is 5.32 Å². The number of nitrogens with one attached hydrogen (secondary N) is 1. The molecule has 2 heterocycles. The van der Waals surface area contributed by atoms with Crippen molar-refractivity contribution < 1.29 is 0 Å². The fourth-order valence-corrected chi connectivity index (χ4v) is 3.36. The van der Waals surface area contributed by atoms with Crippen molar-refractivity contribution in [3.63, 3.8) is 0 Å². The van der Waals surface area contributed by atoms with Crippen LogP contribution >= 0.6 is 11.3 Å². The minimum Gasteiger partial charge on any atom is -0.369 e. The fourth-order valence-electron chi connectivity index (χ4n) is 2.46. The van der Waals surface area contributed by atoms with E-state index < -0.39 is 0 Å². The molecule has 0 unspecified atom stereocenters. The van der Waals surface area contributed by atoms with Gasteiger partial charge in [-0.1, -0.05) is 43.7 Å². The molecular weight excluding hydrogens is 290 g/mol. The van der Waals surface area contributed by atoms with Gasteiger partial charge in [-0.3, -0.25) is 0 Å². The molecule has 0 atom stereocenters. The second-order valence-corrected chi connectivity index (χ2v) is 6.74. The third-order valence-corrected chi connectivity index (χ3v) is 4.53. The molecular formula is C18H21N3S. The smallest absolute Gasteiger partial charge is 0.138 e. The van der Waals surface area contributed by atoms with Gasteiger partial charge in [0.1, 0.15) is 16.5 Å². The second kappa shape index (κ2) is 6.88. The van der Waals surface area contributed by atoms with E-state index in [1.807, 2.05) is 6.07 Å². The molecule has 1 N–H and O–H groups in total. The molecule has 0 spiro atoms. The van der Waals surface area contributed by atoms with Gasteiger partial charge >= 0.3 is 0 Å². The van der Waals surface area contributed by atoms with Crippen molar-refractivity contribution in [3.05, 3.63) is 52.7 Å². The molecule has 0 bridgehead atoms. The molecule has 3 rings (SSSR count). The molecule has 0 aliphatic heterocycles. The zero-order chi connectivity index (χ0) is 15.4. The molecule has 0 fully saturated rings. The largest absolute Gasteiger partial charge is 0.369 e. The average molecular weight is 311 g/mol. The number of hydrogen-bond acceptors (Lipinski definition) is 4. The standard InChI is InChI=1S/C18H21N3S/c1-3-4-10-19-17-15-11-13(2)22-18(15)21-16(20-17)12-14-8-6-5-7-9-14/h5-9,11H,3-4,10,12H2,1-2H3,(H,19,20,21). The van der Waals surface area contributed by atoms with Gasteiger partial charge in [0, 0.05) is 17.8 Å². The zero-order valence-corrected chi connectivity index (χ0v) is 13.9. The number of nitrogens with zero attached hydrogens (tertiary/aromatic N) is 2. The first-order valence-corrected chi connectivity index (χ1v) is 8.62. The molecule has 3 nitrogen and oxygen atoms in total. The lowest BCUT2D eigenvalue weighted by Gasteiger charge is -2.08. The highest BCUT2D eigenvalue weighted by Gasteiger charge is 2.10. The summed E-state index contributed by atoms with van der Waals surface area (Å²) in [6.07, 6.45) is 3.11. The molecule has 22 heavy (non-hydrogen) atoms. The Morgan fingerprint density at radius 3 is 2.73 bits per heavy atom. The van der Waals surface area contributed by atoms with Crippen LogP contribution in [0.4, 0.5) is 5.82 Å². The highest BCUT2D eigenvalue weighted by Crippen LogP contribution is 2.29. The number of rotatable bonds is 6. The molecule has 3 aromatic rings. The van der Waals surface area contributed by atoms with E-state index in [1.54, 1.807) is 11.3 Å². The van der Waals surface area contributed by atoms with Gasteiger partial charge in [0.05, 0.1) is 5.39 Å². The molecule has 114 valence electrons. The van der Waals surface area contributed by atoms with Crippen LogP contribution in [0.3, 0.4) is 0 Å².